The largest absolute Gasteiger partial charge is 0.462 e. The van der Waals surface area contributed by atoms with Crippen molar-refractivity contribution in [1.82, 2.24) is 14.9 Å². The first kappa shape index (κ1) is 25.4. The van der Waals surface area contributed by atoms with Crippen molar-refractivity contribution in [3.05, 3.63) is 75.7 Å². The first-order chi connectivity index (χ1) is 17.7. The van der Waals surface area contributed by atoms with Crippen molar-refractivity contribution in [2.24, 2.45) is 5.73 Å². The summed E-state index contributed by atoms with van der Waals surface area (Å²) < 4.78 is 6.40. The van der Waals surface area contributed by atoms with E-state index >= 15 is 0 Å². The average molecular weight is 504 g/mol. The zero-order chi connectivity index (χ0) is 26.5. The molecule has 7 N–H and O–H groups in total. The number of carbonyl (C=O) groups is 2. The van der Waals surface area contributed by atoms with Gasteiger partial charge in [0.2, 0.25) is 5.91 Å². The van der Waals surface area contributed by atoms with E-state index in [2.05, 4.69) is 15.6 Å². The Morgan fingerprint density at radius 2 is 1.89 bits per heavy atom. The van der Waals surface area contributed by atoms with E-state index in [9.17, 15) is 14.4 Å². The SMILES string of the molecule is CCOC(=O)c1cc(N)cc(-c2cnc(NC3CC3)c(=O)n2CC(=O)NCc2ccc(C(=N)N)cc2)c1. The Labute approximate surface area is 213 Å². The normalized spacial score (nSPS) is 12.6. The zero-order valence-corrected chi connectivity index (χ0v) is 20.4. The van der Waals surface area contributed by atoms with Crippen molar-refractivity contribution in [2.75, 3.05) is 17.7 Å². The Hall–Kier alpha value is -4.67. The molecular weight excluding hydrogens is 474 g/mol. The maximum Gasteiger partial charge on any atom is 0.338 e. The molecule has 37 heavy (non-hydrogen) atoms. The summed E-state index contributed by atoms with van der Waals surface area (Å²) in [5, 5.41) is 13.4. The standard InChI is InChI=1S/C26H29N7O4/c1-2-37-26(36)18-9-17(10-19(27)11-18)21-13-31-24(32-20-7-8-20)25(35)33(21)14-22(34)30-12-15-3-5-16(6-4-15)23(28)29/h3-6,9-11,13,20H,2,7-8,12,14,27H2,1H3,(H3,28,29)(H,30,34)(H,31,32). The lowest BCUT2D eigenvalue weighted by molar-refractivity contribution is -0.121. The van der Waals surface area contributed by atoms with Crippen LogP contribution in [0.1, 0.15) is 41.3 Å². The predicted octanol–water partition coefficient (Wildman–Crippen LogP) is 1.84. The Balaban J connectivity index is 1.62. The Kier molecular flexibility index (Phi) is 7.52. The van der Waals surface area contributed by atoms with Crippen LogP contribution in [0.5, 0.6) is 0 Å². The number of amidine groups is 1. The number of nitrogens with two attached hydrogens (primary N) is 2. The fraction of sp³-hybridized carbons (Fsp3) is 0.269. The second-order valence-corrected chi connectivity index (χ2v) is 8.75. The topological polar surface area (TPSA) is 178 Å². The summed E-state index contributed by atoms with van der Waals surface area (Å²) in [5.74, 6) is -0.813. The highest BCUT2D eigenvalue weighted by Crippen LogP contribution is 2.26. The van der Waals surface area contributed by atoms with E-state index in [1.54, 1.807) is 43.3 Å². The Morgan fingerprint density at radius 3 is 2.54 bits per heavy atom. The van der Waals surface area contributed by atoms with Crippen LogP contribution in [-0.2, 0) is 22.6 Å². The van der Waals surface area contributed by atoms with Crippen LogP contribution in [0.3, 0.4) is 0 Å². The molecule has 1 aromatic heterocycles. The highest BCUT2D eigenvalue weighted by Gasteiger charge is 2.24. The van der Waals surface area contributed by atoms with Gasteiger partial charge in [-0.25, -0.2) is 9.78 Å². The molecule has 1 fully saturated rings. The van der Waals surface area contributed by atoms with E-state index in [1.807, 2.05) is 0 Å². The van der Waals surface area contributed by atoms with Crippen molar-refractivity contribution in [3.63, 3.8) is 0 Å². The minimum atomic E-state index is -0.543. The first-order valence-corrected chi connectivity index (χ1v) is 11.9. The zero-order valence-electron chi connectivity index (χ0n) is 20.4. The molecule has 192 valence electrons. The maximum absolute atomic E-state index is 13.3. The second-order valence-electron chi connectivity index (χ2n) is 8.75. The summed E-state index contributed by atoms with van der Waals surface area (Å²) in [6, 6.07) is 11.8. The van der Waals surface area contributed by atoms with Gasteiger partial charge in [-0.2, -0.15) is 0 Å². The lowest BCUT2D eigenvalue weighted by Gasteiger charge is -2.16. The third kappa shape index (κ3) is 6.31. The molecule has 0 spiro atoms. The first-order valence-electron chi connectivity index (χ1n) is 11.9. The number of nitrogens with one attached hydrogen (secondary N) is 3. The third-order valence-electron chi connectivity index (χ3n) is 5.79. The molecular formula is C26H29N7O4. The molecule has 2 aromatic carbocycles. The number of esters is 1. The molecule has 1 aliphatic rings. The van der Waals surface area contributed by atoms with Crippen LogP contribution in [0.4, 0.5) is 11.5 Å². The number of nitrogen functional groups attached to an aromatic ring is 2. The van der Waals surface area contributed by atoms with Crippen LogP contribution in [0.15, 0.2) is 53.5 Å². The van der Waals surface area contributed by atoms with E-state index < -0.39 is 17.4 Å². The highest BCUT2D eigenvalue weighted by molar-refractivity contribution is 5.95. The number of nitrogens with zero attached hydrogens (tertiary/aromatic N) is 2. The van der Waals surface area contributed by atoms with Gasteiger partial charge in [-0.15, -0.1) is 0 Å². The van der Waals surface area contributed by atoms with Crippen molar-refractivity contribution < 1.29 is 14.3 Å². The molecule has 1 amide bonds. The van der Waals surface area contributed by atoms with Crippen molar-refractivity contribution in [3.8, 4) is 11.3 Å². The predicted molar refractivity (Wildman–Crippen MR) is 140 cm³/mol. The molecule has 0 aliphatic heterocycles. The molecule has 3 aromatic rings. The monoisotopic (exact) mass is 503 g/mol. The van der Waals surface area contributed by atoms with Gasteiger partial charge in [-0.1, -0.05) is 24.3 Å². The summed E-state index contributed by atoms with van der Waals surface area (Å²) in [5.41, 5.74) is 13.8. The second kappa shape index (κ2) is 10.9. The number of anilines is 2. The molecule has 0 unspecified atom stereocenters. The van der Waals surface area contributed by atoms with E-state index in [-0.39, 0.29) is 43.0 Å². The quantitative estimate of drug-likeness (QED) is 0.120. The van der Waals surface area contributed by atoms with Gasteiger partial charge in [-0.05, 0) is 43.5 Å². The number of rotatable bonds is 10. The van der Waals surface area contributed by atoms with Gasteiger partial charge >= 0.3 is 5.97 Å². The van der Waals surface area contributed by atoms with Gasteiger partial charge in [-0.3, -0.25) is 19.6 Å². The van der Waals surface area contributed by atoms with Gasteiger partial charge in [0.15, 0.2) is 5.82 Å². The number of hydrogen-bond donors (Lipinski definition) is 5. The van der Waals surface area contributed by atoms with Gasteiger partial charge in [0.05, 0.1) is 24.1 Å². The lowest BCUT2D eigenvalue weighted by Crippen LogP contribution is -2.34. The van der Waals surface area contributed by atoms with Crippen LogP contribution in [0, 0.1) is 5.41 Å². The van der Waals surface area contributed by atoms with E-state index in [4.69, 9.17) is 21.6 Å². The van der Waals surface area contributed by atoms with Gasteiger partial charge in [0.25, 0.3) is 5.56 Å². The fourth-order valence-corrected chi connectivity index (χ4v) is 3.73. The molecule has 0 bridgehead atoms. The minimum absolute atomic E-state index is 0.0385. The molecule has 11 nitrogen and oxygen atoms in total. The highest BCUT2D eigenvalue weighted by atomic mass is 16.5. The van der Waals surface area contributed by atoms with Crippen LogP contribution in [0.2, 0.25) is 0 Å². The van der Waals surface area contributed by atoms with E-state index in [0.717, 1.165) is 18.4 Å². The Bertz CT molecular complexity index is 1400. The van der Waals surface area contributed by atoms with E-state index in [0.29, 0.717) is 22.5 Å². The lowest BCUT2D eigenvalue weighted by atomic mass is 10.1. The summed E-state index contributed by atoms with van der Waals surface area (Å²) in [6.07, 6.45) is 3.39. The van der Waals surface area contributed by atoms with Crippen LogP contribution >= 0.6 is 0 Å². The van der Waals surface area contributed by atoms with Gasteiger partial charge in [0, 0.05) is 29.4 Å². The molecule has 11 heteroatoms. The summed E-state index contributed by atoms with van der Waals surface area (Å²) in [4.78, 5) is 42.9. The summed E-state index contributed by atoms with van der Waals surface area (Å²) in [6.45, 7) is 1.86. The fourth-order valence-electron chi connectivity index (χ4n) is 3.73. The third-order valence-corrected chi connectivity index (χ3v) is 5.79. The number of hydrogen-bond acceptors (Lipinski definition) is 8. The molecule has 0 saturated heterocycles. The number of carbonyl (C=O) groups excluding carboxylic acids is 2. The smallest absolute Gasteiger partial charge is 0.338 e. The number of aromatic nitrogens is 2. The van der Waals surface area contributed by atoms with Crippen LogP contribution in [-0.4, -0.2) is 39.9 Å². The average Bonchev–Trinajstić information content (AvgIpc) is 3.69. The van der Waals surface area contributed by atoms with Gasteiger partial charge < -0.3 is 26.8 Å². The number of benzene rings is 2. The van der Waals surface area contributed by atoms with Crippen molar-refractivity contribution >= 4 is 29.2 Å². The molecule has 0 radical (unpaired) electrons. The molecule has 4 rings (SSSR count). The number of ether oxygens (including phenoxy) is 1. The molecule has 1 aliphatic carbocycles. The van der Waals surface area contributed by atoms with Crippen molar-refractivity contribution in [2.45, 2.75) is 38.9 Å². The van der Waals surface area contributed by atoms with E-state index in [1.165, 1.54) is 16.8 Å². The summed E-state index contributed by atoms with van der Waals surface area (Å²) in [7, 11) is 0. The molecule has 1 saturated carbocycles. The van der Waals surface area contributed by atoms with Gasteiger partial charge in [0.1, 0.15) is 12.4 Å². The maximum atomic E-state index is 13.3. The molecule has 1 heterocycles. The van der Waals surface area contributed by atoms with Crippen molar-refractivity contribution in [1.29, 1.82) is 5.41 Å². The Morgan fingerprint density at radius 1 is 1.16 bits per heavy atom. The summed E-state index contributed by atoms with van der Waals surface area (Å²) >= 11 is 0. The minimum Gasteiger partial charge on any atom is -0.462 e. The van der Waals surface area contributed by atoms with Crippen LogP contribution in [0.25, 0.3) is 11.3 Å². The van der Waals surface area contributed by atoms with Crippen LogP contribution < -0.4 is 27.7 Å². The molecule has 0 atom stereocenters. The number of amides is 1.